The minimum atomic E-state index is 0. The first-order chi connectivity index (χ1) is 13.3. The van der Waals surface area contributed by atoms with E-state index < -0.39 is 0 Å². The number of aliphatic imine (C=N–C) groups is 1. The first-order valence-electron chi connectivity index (χ1n) is 10.2. The zero-order valence-electron chi connectivity index (χ0n) is 17.6. The molecule has 1 aromatic carbocycles. The van der Waals surface area contributed by atoms with Gasteiger partial charge in [0, 0.05) is 26.7 Å². The van der Waals surface area contributed by atoms with Gasteiger partial charge in [0.15, 0.2) is 17.5 Å². The van der Waals surface area contributed by atoms with E-state index >= 15 is 0 Å². The number of methoxy groups -OCH3 is 1. The van der Waals surface area contributed by atoms with Crippen LogP contribution in [0.15, 0.2) is 23.2 Å². The summed E-state index contributed by atoms with van der Waals surface area (Å²) in [6.45, 7) is 8.02. The second-order valence-electron chi connectivity index (χ2n) is 6.85. The number of rotatable bonds is 10. The van der Waals surface area contributed by atoms with Gasteiger partial charge in [0.1, 0.15) is 0 Å². The molecule has 0 aromatic heterocycles. The molecule has 7 heteroatoms. The molecule has 1 aliphatic rings. The molecule has 6 nitrogen and oxygen atoms in total. The van der Waals surface area contributed by atoms with Crippen molar-refractivity contribution in [2.45, 2.75) is 39.0 Å². The highest BCUT2D eigenvalue weighted by Gasteiger charge is 2.09. The van der Waals surface area contributed by atoms with E-state index in [0.29, 0.717) is 6.61 Å². The third-order valence-electron chi connectivity index (χ3n) is 4.86. The number of nitrogens with one attached hydrogen (secondary N) is 2. The van der Waals surface area contributed by atoms with Crippen molar-refractivity contribution in [3.05, 3.63) is 23.8 Å². The lowest BCUT2D eigenvalue weighted by Gasteiger charge is -2.26. The number of halogens is 1. The molecule has 0 unspecified atom stereocenters. The number of ether oxygens (including phenoxy) is 2. The fraction of sp³-hybridized carbons (Fsp3) is 0.667. The van der Waals surface area contributed by atoms with Gasteiger partial charge in [-0.2, -0.15) is 0 Å². The normalized spacial score (nSPS) is 14.9. The number of aryl methyl sites for hydroxylation is 1. The second kappa shape index (κ2) is 14.7. The Hall–Kier alpha value is -1.22. The number of benzene rings is 1. The topological polar surface area (TPSA) is 58.1 Å². The molecular weight excluding hydrogens is 467 g/mol. The third kappa shape index (κ3) is 8.86. The summed E-state index contributed by atoms with van der Waals surface area (Å²) >= 11 is 0. The summed E-state index contributed by atoms with van der Waals surface area (Å²) in [4.78, 5) is 6.85. The number of nitrogens with zero attached hydrogens (tertiary/aromatic N) is 2. The molecule has 0 radical (unpaired) electrons. The predicted octanol–water partition coefficient (Wildman–Crippen LogP) is 3.30. The highest BCUT2D eigenvalue weighted by atomic mass is 127. The Kier molecular flexibility index (Phi) is 13.1. The number of guanidine groups is 1. The molecule has 28 heavy (non-hydrogen) atoms. The van der Waals surface area contributed by atoms with Crippen LogP contribution in [-0.4, -0.2) is 64.3 Å². The van der Waals surface area contributed by atoms with Crippen molar-refractivity contribution in [3.8, 4) is 11.5 Å². The highest BCUT2D eigenvalue weighted by molar-refractivity contribution is 14.0. The third-order valence-corrected chi connectivity index (χ3v) is 4.86. The molecule has 0 atom stereocenters. The minimum absolute atomic E-state index is 0. The van der Waals surface area contributed by atoms with E-state index in [2.05, 4.69) is 32.7 Å². The van der Waals surface area contributed by atoms with Crippen molar-refractivity contribution in [2.75, 3.05) is 53.5 Å². The molecule has 0 aliphatic carbocycles. The van der Waals surface area contributed by atoms with E-state index in [-0.39, 0.29) is 24.0 Å². The molecule has 1 aliphatic heterocycles. The van der Waals surface area contributed by atoms with Crippen molar-refractivity contribution in [1.82, 2.24) is 15.5 Å². The largest absolute Gasteiger partial charge is 0.493 e. The van der Waals surface area contributed by atoms with Crippen LogP contribution in [0.1, 0.15) is 38.2 Å². The lowest BCUT2D eigenvalue weighted by molar-refractivity contribution is 0.232. The highest BCUT2D eigenvalue weighted by Crippen LogP contribution is 2.28. The van der Waals surface area contributed by atoms with Crippen molar-refractivity contribution in [1.29, 1.82) is 0 Å². The van der Waals surface area contributed by atoms with E-state index in [1.54, 1.807) is 7.11 Å². The monoisotopic (exact) mass is 504 g/mol. The van der Waals surface area contributed by atoms with Crippen molar-refractivity contribution in [3.63, 3.8) is 0 Å². The molecule has 1 saturated heterocycles. The van der Waals surface area contributed by atoms with Crippen LogP contribution in [-0.2, 0) is 6.42 Å². The molecule has 1 fully saturated rings. The molecule has 0 amide bonds. The summed E-state index contributed by atoms with van der Waals surface area (Å²) in [6.07, 6.45) is 6.08. The zero-order chi connectivity index (χ0) is 19.3. The Morgan fingerprint density at radius 2 is 1.86 bits per heavy atom. The van der Waals surface area contributed by atoms with Gasteiger partial charge in [0.25, 0.3) is 0 Å². The Morgan fingerprint density at radius 1 is 1.11 bits per heavy atom. The average molecular weight is 504 g/mol. The molecule has 0 spiro atoms. The van der Waals surface area contributed by atoms with Gasteiger partial charge in [-0.15, -0.1) is 24.0 Å². The van der Waals surface area contributed by atoms with Crippen LogP contribution < -0.4 is 20.1 Å². The van der Waals surface area contributed by atoms with Crippen LogP contribution >= 0.6 is 24.0 Å². The summed E-state index contributed by atoms with van der Waals surface area (Å²) in [7, 11) is 3.50. The van der Waals surface area contributed by atoms with E-state index in [1.807, 2.05) is 20.0 Å². The molecule has 0 saturated carbocycles. The number of likely N-dealkylation sites (tertiary alicyclic amines) is 1. The standard InChI is InChI=1S/C21H36N4O2.HI/c1-4-27-20-17-18(10-11-19(20)26-3)9-8-12-23-21(22-2)24-13-16-25-14-6-5-7-15-25;/h10-11,17H,4-9,12-16H2,1-3H3,(H2,22,23,24);1H. The van der Waals surface area contributed by atoms with Crippen LogP contribution in [0.2, 0.25) is 0 Å². The van der Waals surface area contributed by atoms with Gasteiger partial charge in [-0.3, -0.25) is 4.99 Å². The fourth-order valence-electron chi connectivity index (χ4n) is 3.38. The quantitative estimate of drug-likeness (QED) is 0.222. The first-order valence-corrected chi connectivity index (χ1v) is 10.2. The van der Waals surface area contributed by atoms with Crippen LogP contribution in [0.4, 0.5) is 0 Å². The molecule has 160 valence electrons. The smallest absolute Gasteiger partial charge is 0.191 e. The summed E-state index contributed by atoms with van der Waals surface area (Å²) in [5, 5.41) is 6.82. The van der Waals surface area contributed by atoms with Crippen LogP contribution in [0.25, 0.3) is 0 Å². The number of hydrogen-bond donors (Lipinski definition) is 2. The molecule has 2 N–H and O–H groups in total. The lowest BCUT2D eigenvalue weighted by Crippen LogP contribution is -2.42. The maximum absolute atomic E-state index is 5.65. The Morgan fingerprint density at radius 3 is 2.54 bits per heavy atom. The maximum Gasteiger partial charge on any atom is 0.191 e. The minimum Gasteiger partial charge on any atom is -0.493 e. The van der Waals surface area contributed by atoms with Crippen molar-refractivity contribution >= 4 is 29.9 Å². The summed E-state index contributed by atoms with van der Waals surface area (Å²) < 4.78 is 11.0. The van der Waals surface area contributed by atoms with Gasteiger partial charge >= 0.3 is 0 Å². The Labute approximate surface area is 187 Å². The predicted molar refractivity (Wildman–Crippen MR) is 128 cm³/mol. The molecule has 1 heterocycles. The molecule has 2 rings (SSSR count). The zero-order valence-corrected chi connectivity index (χ0v) is 20.0. The van der Waals surface area contributed by atoms with Crippen molar-refractivity contribution in [2.24, 2.45) is 4.99 Å². The number of piperidine rings is 1. The van der Waals surface area contributed by atoms with Gasteiger partial charge in [0.2, 0.25) is 0 Å². The van der Waals surface area contributed by atoms with E-state index in [9.17, 15) is 0 Å². The Bertz CT molecular complexity index is 578. The van der Waals surface area contributed by atoms with E-state index in [1.165, 1.54) is 37.9 Å². The summed E-state index contributed by atoms with van der Waals surface area (Å²) in [5.74, 6) is 2.49. The van der Waals surface area contributed by atoms with Gasteiger partial charge in [-0.1, -0.05) is 12.5 Å². The van der Waals surface area contributed by atoms with Gasteiger partial charge in [-0.05, 0) is 63.4 Å². The molecule has 0 bridgehead atoms. The fourth-order valence-corrected chi connectivity index (χ4v) is 3.38. The van der Waals surface area contributed by atoms with Gasteiger partial charge < -0.3 is 25.0 Å². The van der Waals surface area contributed by atoms with Gasteiger partial charge in [0.05, 0.1) is 13.7 Å². The average Bonchev–Trinajstić information content (AvgIpc) is 2.71. The number of hydrogen-bond acceptors (Lipinski definition) is 4. The van der Waals surface area contributed by atoms with Gasteiger partial charge in [-0.25, -0.2) is 0 Å². The van der Waals surface area contributed by atoms with E-state index in [4.69, 9.17) is 9.47 Å². The SMILES string of the molecule is CCOc1cc(CCCNC(=NC)NCCN2CCCCC2)ccc1OC.I. The van der Waals surface area contributed by atoms with Crippen LogP contribution in [0, 0.1) is 0 Å². The molecule has 1 aromatic rings. The first kappa shape index (κ1) is 24.8. The summed E-state index contributed by atoms with van der Waals surface area (Å²) in [6, 6.07) is 6.16. The van der Waals surface area contributed by atoms with Crippen LogP contribution in [0.3, 0.4) is 0 Å². The maximum atomic E-state index is 5.65. The van der Waals surface area contributed by atoms with Crippen molar-refractivity contribution < 1.29 is 9.47 Å². The van der Waals surface area contributed by atoms with E-state index in [0.717, 1.165) is 49.9 Å². The lowest BCUT2D eigenvalue weighted by atomic mass is 10.1. The second-order valence-corrected chi connectivity index (χ2v) is 6.85. The summed E-state index contributed by atoms with van der Waals surface area (Å²) in [5.41, 5.74) is 1.26. The Balaban J connectivity index is 0.00000392. The van der Waals surface area contributed by atoms with Crippen LogP contribution in [0.5, 0.6) is 11.5 Å². The molecular formula is C21H37IN4O2.